The van der Waals surface area contributed by atoms with Crippen molar-refractivity contribution in [2.24, 2.45) is 0 Å². The van der Waals surface area contributed by atoms with Gasteiger partial charge in [-0.3, -0.25) is 4.79 Å². The van der Waals surface area contributed by atoms with E-state index in [0.717, 1.165) is 24.3 Å². The van der Waals surface area contributed by atoms with Gasteiger partial charge in [-0.2, -0.15) is 4.98 Å². The third kappa shape index (κ3) is 3.32. The van der Waals surface area contributed by atoms with Crippen molar-refractivity contribution in [3.8, 4) is 0 Å². The van der Waals surface area contributed by atoms with Crippen LogP contribution in [0.3, 0.4) is 0 Å². The average Bonchev–Trinajstić information content (AvgIpc) is 3.08. The summed E-state index contributed by atoms with van der Waals surface area (Å²) in [5, 5.41) is 3.84. The highest BCUT2D eigenvalue weighted by Gasteiger charge is 2.28. The Kier molecular flexibility index (Phi) is 4.05. The normalized spacial score (nSPS) is 19.0. The predicted molar refractivity (Wildman–Crippen MR) is 80.4 cm³/mol. The van der Waals surface area contributed by atoms with Gasteiger partial charge in [-0.1, -0.05) is 5.16 Å². The van der Waals surface area contributed by atoms with Gasteiger partial charge in [0.25, 0.3) is 0 Å². The van der Waals surface area contributed by atoms with Crippen LogP contribution in [0.2, 0.25) is 0 Å². The minimum absolute atomic E-state index is 0.175. The highest BCUT2D eigenvalue weighted by Crippen LogP contribution is 2.26. The summed E-state index contributed by atoms with van der Waals surface area (Å²) in [4.78, 5) is 21.0. The average molecular weight is 305 g/mol. The molecule has 0 aliphatic carbocycles. The lowest BCUT2D eigenvalue weighted by molar-refractivity contribution is -0.131. The summed E-state index contributed by atoms with van der Waals surface area (Å²) in [6, 6.07) is 4.11. The van der Waals surface area contributed by atoms with Crippen LogP contribution in [0.5, 0.6) is 0 Å². The first-order chi connectivity index (χ1) is 10.1. The molecular weight excluding hydrogens is 286 g/mol. The summed E-state index contributed by atoms with van der Waals surface area (Å²) in [6.45, 7) is 5.39. The van der Waals surface area contributed by atoms with E-state index in [0.29, 0.717) is 24.7 Å². The van der Waals surface area contributed by atoms with Crippen molar-refractivity contribution in [1.29, 1.82) is 0 Å². The first kappa shape index (κ1) is 14.3. The molecule has 1 aliphatic rings. The molecule has 0 aromatic carbocycles. The van der Waals surface area contributed by atoms with Crippen molar-refractivity contribution in [2.75, 3.05) is 13.1 Å². The van der Waals surface area contributed by atoms with E-state index in [1.165, 1.54) is 4.88 Å². The Balaban J connectivity index is 1.64. The van der Waals surface area contributed by atoms with E-state index in [1.807, 2.05) is 17.9 Å². The Morgan fingerprint density at radius 1 is 1.48 bits per heavy atom. The molecule has 1 unspecified atom stereocenters. The fraction of sp³-hybridized carbons (Fsp3) is 0.533. The van der Waals surface area contributed by atoms with Crippen LogP contribution in [-0.2, 0) is 11.2 Å². The van der Waals surface area contributed by atoms with E-state index in [4.69, 9.17) is 4.52 Å². The number of carbonyl (C=O) groups excluding carboxylic acids is 1. The zero-order valence-corrected chi connectivity index (χ0v) is 13.2. The van der Waals surface area contributed by atoms with Crippen LogP contribution >= 0.6 is 11.3 Å². The SMILES string of the molecule is Cc1noc(C2CCCN(C(=O)Cc3ccc(C)s3)C2)n1. The molecule has 21 heavy (non-hydrogen) atoms. The second-order valence-corrected chi connectivity index (χ2v) is 6.92. The minimum Gasteiger partial charge on any atom is -0.342 e. The molecule has 1 amide bonds. The van der Waals surface area contributed by atoms with E-state index >= 15 is 0 Å². The smallest absolute Gasteiger partial charge is 0.231 e. The molecule has 6 heteroatoms. The number of aromatic nitrogens is 2. The lowest BCUT2D eigenvalue weighted by Gasteiger charge is -2.31. The van der Waals surface area contributed by atoms with Crippen LogP contribution in [0.15, 0.2) is 16.7 Å². The topological polar surface area (TPSA) is 59.2 Å². The third-order valence-corrected chi connectivity index (χ3v) is 4.79. The van der Waals surface area contributed by atoms with Gasteiger partial charge in [0.2, 0.25) is 11.8 Å². The van der Waals surface area contributed by atoms with E-state index < -0.39 is 0 Å². The minimum atomic E-state index is 0.175. The number of piperidine rings is 1. The Bertz CT molecular complexity index is 634. The van der Waals surface area contributed by atoms with Crippen molar-refractivity contribution >= 4 is 17.2 Å². The molecule has 1 saturated heterocycles. The van der Waals surface area contributed by atoms with Crippen molar-refractivity contribution in [1.82, 2.24) is 15.0 Å². The Labute approximate surface area is 128 Å². The maximum atomic E-state index is 12.4. The molecule has 0 radical (unpaired) electrons. The first-order valence-corrected chi connectivity index (χ1v) is 8.07. The molecule has 3 rings (SSSR count). The Morgan fingerprint density at radius 2 is 2.33 bits per heavy atom. The van der Waals surface area contributed by atoms with Gasteiger partial charge in [0.1, 0.15) is 0 Å². The third-order valence-electron chi connectivity index (χ3n) is 3.79. The highest BCUT2D eigenvalue weighted by atomic mass is 32.1. The lowest BCUT2D eigenvalue weighted by Crippen LogP contribution is -2.39. The second kappa shape index (κ2) is 5.97. The zero-order chi connectivity index (χ0) is 14.8. The molecule has 2 aromatic rings. The van der Waals surface area contributed by atoms with Gasteiger partial charge in [0.15, 0.2) is 5.82 Å². The van der Waals surface area contributed by atoms with Crippen LogP contribution in [0.1, 0.15) is 40.2 Å². The second-order valence-electron chi connectivity index (χ2n) is 5.55. The molecule has 0 spiro atoms. The number of rotatable bonds is 3. The Hall–Kier alpha value is -1.69. The number of thiophene rings is 1. The Morgan fingerprint density at radius 3 is 3.00 bits per heavy atom. The molecule has 1 aliphatic heterocycles. The number of likely N-dealkylation sites (tertiary alicyclic amines) is 1. The van der Waals surface area contributed by atoms with Crippen LogP contribution in [0.4, 0.5) is 0 Å². The van der Waals surface area contributed by atoms with Gasteiger partial charge in [0, 0.05) is 22.8 Å². The molecule has 0 N–H and O–H groups in total. The summed E-state index contributed by atoms with van der Waals surface area (Å²) in [5.41, 5.74) is 0. The van der Waals surface area contributed by atoms with Crippen LogP contribution < -0.4 is 0 Å². The summed E-state index contributed by atoms with van der Waals surface area (Å²) in [7, 11) is 0. The number of nitrogens with zero attached hydrogens (tertiary/aromatic N) is 3. The van der Waals surface area contributed by atoms with Gasteiger partial charge in [-0.15, -0.1) is 11.3 Å². The summed E-state index contributed by atoms with van der Waals surface area (Å²) >= 11 is 1.69. The number of amides is 1. The van der Waals surface area contributed by atoms with Gasteiger partial charge in [-0.25, -0.2) is 0 Å². The van der Waals surface area contributed by atoms with E-state index in [1.54, 1.807) is 11.3 Å². The fourth-order valence-corrected chi connectivity index (χ4v) is 3.61. The number of carbonyl (C=O) groups is 1. The van der Waals surface area contributed by atoms with Gasteiger partial charge < -0.3 is 9.42 Å². The van der Waals surface area contributed by atoms with E-state index in [9.17, 15) is 4.79 Å². The predicted octanol–water partition coefficient (Wildman–Crippen LogP) is 2.70. The summed E-state index contributed by atoms with van der Waals surface area (Å²) in [5.74, 6) is 1.69. The monoisotopic (exact) mass is 305 g/mol. The van der Waals surface area contributed by atoms with Crippen molar-refractivity contribution < 1.29 is 9.32 Å². The molecule has 3 heterocycles. The van der Waals surface area contributed by atoms with Crippen LogP contribution in [0.25, 0.3) is 0 Å². The van der Waals surface area contributed by atoms with Gasteiger partial charge in [0.05, 0.1) is 12.3 Å². The molecule has 2 aromatic heterocycles. The first-order valence-electron chi connectivity index (χ1n) is 7.25. The number of aryl methyl sites for hydroxylation is 2. The van der Waals surface area contributed by atoms with Crippen molar-refractivity contribution in [2.45, 2.75) is 39.0 Å². The van der Waals surface area contributed by atoms with Crippen molar-refractivity contribution in [3.63, 3.8) is 0 Å². The maximum absolute atomic E-state index is 12.4. The fourth-order valence-electron chi connectivity index (χ4n) is 2.73. The summed E-state index contributed by atoms with van der Waals surface area (Å²) < 4.78 is 5.26. The quantitative estimate of drug-likeness (QED) is 0.875. The molecule has 1 atom stereocenters. The summed E-state index contributed by atoms with van der Waals surface area (Å²) in [6.07, 6.45) is 2.49. The number of hydrogen-bond donors (Lipinski definition) is 0. The standard InChI is InChI=1S/C15H19N3O2S/c1-10-5-6-13(21-10)8-14(19)18-7-3-4-12(9-18)15-16-11(2)17-20-15/h5-6,12H,3-4,7-9H2,1-2H3. The molecule has 1 fully saturated rings. The van der Waals surface area contributed by atoms with E-state index in [-0.39, 0.29) is 11.8 Å². The molecular formula is C15H19N3O2S. The van der Waals surface area contributed by atoms with Crippen LogP contribution in [-0.4, -0.2) is 34.0 Å². The van der Waals surface area contributed by atoms with Gasteiger partial charge in [-0.05, 0) is 38.8 Å². The molecule has 0 saturated carbocycles. The molecule has 112 valence electrons. The molecule has 0 bridgehead atoms. The number of hydrogen-bond acceptors (Lipinski definition) is 5. The largest absolute Gasteiger partial charge is 0.342 e. The lowest BCUT2D eigenvalue weighted by atomic mass is 9.97. The van der Waals surface area contributed by atoms with Crippen LogP contribution in [0, 0.1) is 13.8 Å². The zero-order valence-electron chi connectivity index (χ0n) is 12.3. The highest BCUT2D eigenvalue weighted by molar-refractivity contribution is 7.12. The van der Waals surface area contributed by atoms with Gasteiger partial charge >= 0.3 is 0 Å². The maximum Gasteiger partial charge on any atom is 0.231 e. The van der Waals surface area contributed by atoms with Crippen molar-refractivity contribution in [3.05, 3.63) is 33.6 Å². The molecule has 5 nitrogen and oxygen atoms in total. The van der Waals surface area contributed by atoms with E-state index in [2.05, 4.69) is 23.1 Å².